The van der Waals surface area contributed by atoms with Gasteiger partial charge in [-0.3, -0.25) is 4.68 Å². The van der Waals surface area contributed by atoms with Gasteiger partial charge in [0, 0.05) is 25.8 Å². The highest BCUT2D eigenvalue weighted by Crippen LogP contribution is 2.20. The predicted octanol–water partition coefficient (Wildman–Crippen LogP) is 1.79. The maximum atomic E-state index is 9.85. The van der Waals surface area contributed by atoms with Crippen molar-refractivity contribution in [2.75, 3.05) is 6.54 Å². The van der Waals surface area contributed by atoms with Crippen LogP contribution in [0.3, 0.4) is 0 Å². The van der Waals surface area contributed by atoms with Crippen LogP contribution in [0, 0.1) is 5.41 Å². The zero-order chi connectivity index (χ0) is 12.9. The van der Waals surface area contributed by atoms with Gasteiger partial charge in [-0.2, -0.15) is 5.10 Å². The van der Waals surface area contributed by atoms with Crippen molar-refractivity contribution >= 4 is 0 Å². The Morgan fingerprint density at radius 2 is 2.18 bits per heavy atom. The van der Waals surface area contributed by atoms with E-state index in [0.717, 1.165) is 25.2 Å². The lowest BCUT2D eigenvalue weighted by Gasteiger charge is -2.22. The highest BCUT2D eigenvalue weighted by molar-refractivity contribution is 4.99. The van der Waals surface area contributed by atoms with Gasteiger partial charge in [-0.25, -0.2) is 0 Å². The van der Waals surface area contributed by atoms with Gasteiger partial charge in [0.25, 0.3) is 0 Å². The van der Waals surface area contributed by atoms with Crippen molar-refractivity contribution in [1.29, 1.82) is 0 Å². The average Bonchev–Trinajstić information content (AvgIpc) is 2.62. The van der Waals surface area contributed by atoms with Crippen molar-refractivity contribution in [3.63, 3.8) is 0 Å². The molecule has 0 saturated carbocycles. The van der Waals surface area contributed by atoms with Crippen LogP contribution in [-0.4, -0.2) is 27.5 Å². The van der Waals surface area contributed by atoms with Gasteiger partial charge in [0.05, 0.1) is 11.8 Å². The number of rotatable bonds is 6. The summed E-state index contributed by atoms with van der Waals surface area (Å²) in [6.45, 7) is 10.8. The standard InChI is InChI=1S/C13H25N3O/c1-5-16-11(6-7-15-16)9-14-10-12(17)8-13(2,3)4/h6-7,12,14,17H,5,8-10H2,1-4H3. The molecule has 1 atom stereocenters. The van der Waals surface area contributed by atoms with E-state index in [2.05, 4.69) is 38.1 Å². The first-order chi connectivity index (χ1) is 7.92. The molecule has 0 fully saturated rings. The fraction of sp³-hybridized carbons (Fsp3) is 0.769. The summed E-state index contributed by atoms with van der Waals surface area (Å²) >= 11 is 0. The number of aliphatic hydroxyl groups is 1. The third-order valence-electron chi connectivity index (χ3n) is 2.64. The van der Waals surface area contributed by atoms with Gasteiger partial charge in [-0.05, 0) is 24.8 Å². The van der Waals surface area contributed by atoms with Crippen LogP contribution in [0.4, 0.5) is 0 Å². The molecule has 0 bridgehead atoms. The Labute approximate surface area is 104 Å². The summed E-state index contributed by atoms with van der Waals surface area (Å²) in [5, 5.41) is 17.3. The minimum Gasteiger partial charge on any atom is -0.392 e. The molecular formula is C13H25N3O. The fourth-order valence-corrected chi connectivity index (χ4v) is 1.94. The number of nitrogens with one attached hydrogen (secondary N) is 1. The number of aliphatic hydroxyl groups excluding tert-OH is 1. The maximum absolute atomic E-state index is 9.85. The molecule has 98 valence electrons. The Balaban J connectivity index is 2.28. The molecule has 0 aromatic carbocycles. The molecule has 0 aliphatic carbocycles. The monoisotopic (exact) mass is 239 g/mol. The Morgan fingerprint density at radius 1 is 1.47 bits per heavy atom. The summed E-state index contributed by atoms with van der Waals surface area (Å²) in [4.78, 5) is 0. The summed E-state index contributed by atoms with van der Waals surface area (Å²) in [6.07, 6.45) is 2.34. The highest BCUT2D eigenvalue weighted by Gasteiger charge is 2.16. The zero-order valence-corrected chi connectivity index (χ0v) is 11.4. The third kappa shape index (κ3) is 5.33. The van der Waals surface area contributed by atoms with Crippen LogP contribution in [0.1, 0.15) is 39.8 Å². The first-order valence-electron chi connectivity index (χ1n) is 6.32. The Morgan fingerprint density at radius 3 is 2.76 bits per heavy atom. The number of nitrogens with zero attached hydrogens (tertiary/aromatic N) is 2. The van der Waals surface area contributed by atoms with Crippen LogP contribution < -0.4 is 5.32 Å². The molecule has 0 radical (unpaired) electrons. The van der Waals surface area contributed by atoms with Gasteiger partial charge in [0.15, 0.2) is 0 Å². The van der Waals surface area contributed by atoms with Crippen molar-refractivity contribution in [2.45, 2.75) is 53.3 Å². The van der Waals surface area contributed by atoms with E-state index in [0.29, 0.717) is 6.54 Å². The summed E-state index contributed by atoms with van der Waals surface area (Å²) in [5.74, 6) is 0. The van der Waals surface area contributed by atoms with E-state index >= 15 is 0 Å². The van der Waals surface area contributed by atoms with Crippen molar-refractivity contribution in [2.24, 2.45) is 5.41 Å². The summed E-state index contributed by atoms with van der Waals surface area (Å²) in [5.41, 5.74) is 1.34. The summed E-state index contributed by atoms with van der Waals surface area (Å²) < 4.78 is 1.96. The molecule has 17 heavy (non-hydrogen) atoms. The Hall–Kier alpha value is -0.870. The molecule has 0 spiro atoms. The molecule has 2 N–H and O–H groups in total. The molecule has 0 aliphatic heterocycles. The lowest BCUT2D eigenvalue weighted by atomic mass is 9.89. The highest BCUT2D eigenvalue weighted by atomic mass is 16.3. The van der Waals surface area contributed by atoms with E-state index in [-0.39, 0.29) is 11.5 Å². The van der Waals surface area contributed by atoms with Crippen LogP contribution in [0.2, 0.25) is 0 Å². The summed E-state index contributed by atoms with van der Waals surface area (Å²) in [6, 6.07) is 2.01. The number of aryl methyl sites for hydroxylation is 1. The van der Waals surface area contributed by atoms with Crippen LogP contribution in [0.15, 0.2) is 12.3 Å². The van der Waals surface area contributed by atoms with E-state index < -0.39 is 0 Å². The smallest absolute Gasteiger partial charge is 0.0669 e. The molecule has 4 nitrogen and oxygen atoms in total. The third-order valence-corrected chi connectivity index (χ3v) is 2.64. The molecule has 0 saturated heterocycles. The second-order valence-electron chi connectivity index (χ2n) is 5.69. The van der Waals surface area contributed by atoms with Gasteiger partial charge in [-0.15, -0.1) is 0 Å². The van der Waals surface area contributed by atoms with E-state index in [1.54, 1.807) is 0 Å². The van der Waals surface area contributed by atoms with E-state index in [1.807, 2.05) is 16.9 Å². The molecule has 0 amide bonds. The average molecular weight is 239 g/mol. The normalized spacial score (nSPS) is 13.9. The first kappa shape index (κ1) is 14.2. The van der Waals surface area contributed by atoms with Gasteiger partial charge in [-0.1, -0.05) is 20.8 Å². The first-order valence-corrected chi connectivity index (χ1v) is 6.32. The van der Waals surface area contributed by atoms with Gasteiger partial charge >= 0.3 is 0 Å². The van der Waals surface area contributed by atoms with E-state index in [1.165, 1.54) is 0 Å². The van der Waals surface area contributed by atoms with Crippen molar-refractivity contribution < 1.29 is 5.11 Å². The largest absolute Gasteiger partial charge is 0.392 e. The van der Waals surface area contributed by atoms with Crippen molar-refractivity contribution in [3.05, 3.63) is 18.0 Å². The van der Waals surface area contributed by atoms with E-state index in [9.17, 15) is 5.11 Å². The zero-order valence-electron chi connectivity index (χ0n) is 11.4. The Bertz CT molecular complexity index is 328. The minimum absolute atomic E-state index is 0.173. The van der Waals surface area contributed by atoms with Crippen LogP contribution in [-0.2, 0) is 13.1 Å². The molecule has 1 rings (SSSR count). The molecule has 1 heterocycles. The number of hydrogen-bond donors (Lipinski definition) is 2. The van der Waals surface area contributed by atoms with Gasteiger partial charge in [0.1, 0.15) is 0 Å². The lowest BCUT2D eigenvalue weighted by Crippen LogP contribution is -2.30. The Kier molecular flexibility index (Phi) is 5.15. The fourth-order valence-electron chi connectivity index (χ4n) is 1.94. The topological polar surface area (TPSA) is 50.1 Å². The second-order valence-corrected chi connectivity index (χ2v) is 5.69. The molecule has 1 aromatic heterocycles. The molecule has 1 unspecified atom stereocenters. The van der Waals surface area contributed by atoms with Crippen molar-refractivity contribution in [1.82, 2.24) is 15.1 Å². The molecular weight excluding hydrogens is 214 g/mol. The van der Waals surface area contributed by atoms with Gasteiger partial charge in [0.2, 0.25) is 0 Å². The quantitative estimate of drug-likeness (QED) is 0.795. The van der Waals surface area contributed by atoms with Crippen LogP contribution >= 0.6 is 0 Å². The predicted molar refractivity (Wildman–Crippen MR) is 69.7 cm³/mol. The minimum atomic E-state index is -0.284. The van der Waals surface area contributed by atoms with E-state index in [4.69, 9.17) is 0 Å². The second kappa shape index (κ2) is 6.17. The molecule has 1 aromatic rings. The van der Waals surface area contributed by atoms with Crippen LogP contribution in [0.25, 0.3) is 0 Å². The summed E-state index contributed by atoms with van der Waals surface area (Å²) in [7, 11) is 0. The van der Waals surface area contributed by atoms with Crippen LogP contribution in [0.5, 0.6) is 0 Å². The lowest BCUT2D eigenvalue weighted by molar-refractivity contribution is 0.119. The van der Waals surface area contributed by atoms with Crippen molar-refractivity contribution in [3.8, 4) is 0 Å². The molecule has 0 aliphatic rings. The maximum Gasteiger partial charge on any atom is 0.0669 e. The number of aromatic nitrogens is 2. The number of hydrogen-bond acceptors (Lipinski definition) is 3. The molecule has 4 heteroatoms. The van der Waals surface area contributed by atoms with Gasteiger partial charge < -0.3 is 10.4 Å². The SMILES string of the molecule is CCn1nccc1CNCC(O)CC(C)(C)C.